The van der Waals surface area contributed by atoms with E-state index < -0.39 is 0 Å². The number of hydrogen-bond acceptors (Lipinski definition) is 6. The molecule has 8 heteroatoms. The maximum absolute atomic E-state index is 13.6. The van der Waals surface area contributed by atoms with Gasteiger partial charge in [0.05, 0.1) is 47.6 Å². The lowest BCUT2D eigenvalue weighted by atomic mass is 10.1. The van der Waals surface area contributed by atoms with E-state index in [1.807, 2.05) is 44.2 Å². The van der Waals surface area contributed by atoms with Gasteiger partial charge in [-0.05, 0) is 49.2 Å². The van der Waals surface area contributed by atoms with Crippen molar-refractivity contribution in [3.8, 4) is 11.8 Å². The Labute approximate surface area is 201 Å². The highest BCUT2D eigenvalue weighted by atomic mass is 32.2. The topological polar surface area (TPSA) is 92.1 Å². The molecular weight excluding hydrogens is 448 g/mol. The van der Waals surface area contributed by atoms with Crippen molar-refractivity contribution in [3.63, 3.8) is 0 Å². The summed E-state index contributed by atoms with van der Waals surface area (Å²) in [5.74, 6) is 0.557. The number of rotatable bonds is 8. The van der Waals surface area contributed by atoms with Gasteiger partial charge in [0, 0.05) is 6.54 Å². The van der Waals surface area contributed by atoms with Crippen LogP contribution in [0.1, 0.15) is 23.3 Å². The van der Waals surface area contributed by atoms with E-state index in [0.717, 1.165) is 16.8 Å². The van der Waals surface area contributed by atoms with Crippen LogP contribution < -0.4 is 5.56 Å². The van der Waals surface area contributed by atoms with Crippen molar-refractivity contribution in [1.29, 1.82) is 5.26 Å². The normalized spacial score (nSPS) is 10.9. The van der Waals surface area contributed by atoms with Gasteiger partial charge in [-0.3, -0.25) is 14.2 Å². The number of carbonyl (C=O) groups is 1. The second-order valence-corrected chi connectivity index (χ2v) is 8.83. The molecule has 0 bridgehead atoms. The molecule has 4 aromatic rings. The standard InChI is InChI=1S/C26H24N4O3S/c1-18-8-5-9-19(2)24(18)30-25(32)21-11-3-4-12-22(21)28-26(30)34-17-23(31)29(14-7-13-27)16-20-10-6-15-33-20/h3-6,8-12,15H,7,14,16-17H2,1-2H3. The molecular formula is C26H24N4O3S. The highest BCUT2D eigenvalue weighted by Crippen LogP contribution is 2.26. The molecule has 0 saturated heterocycles. The second kappa shape index (κ2) is 10.4. The fourth-order valence-corrected chi connectivity index (χ4v) is 4.75. The monoisotopic (exact) mass is 472 g/mol. The van der Waals surface area contributed by atoms with Crippen molar-refractivity contribution in [1.82, 2.24) is 14.5 Å². The zero-order valence-corrected chi connectivity index (χ0v) is 19.8. The van der Waals surface area contributed by atoms with E-state index in [2.05, 4.69) is 6.07 Å². The van der Waals surface area contributed by atoms with Crippen LogP contribution in [-0.4, -0.2) is 32.7 Å². The molecule has 2 aromatic heterocycles. The molecule has 172 valence electrons. The summed E-state index contributed by atoms with van der Waals surface area (Å²) in [6.45, 7) is 4.49. The Morgan fingerprint density at radius 2 is 1.88 bits per heavy atom. The van der Waals surface area contributed by atoms with Crippen LogP contribution in [0, 0.1) is 25.2 Å². The first-order valence-electron chi connectivity index (χ1n) is 10.9. The van der Waals surface area contributed by atoms with Gasteiger partial charge in [0.25, 0.3) is 5.56 Å². The number of amides is 1. The molecule has 0 radical (unpaired) electrons. The quantitative estimate of drug-likeness (QED) is 0.274. The Balaban J connectivity index is 1.70. The zero-order valence-electron chi connectivity index (χ0n) is 19.0. The third-order valence-corrected chi connectivity index (χ3v) is 6.43. The van der Waals surface area contributed by atoms with Gasteiger partial charge >= 0.3 is 0 Å². The third kappa shape index (κ3) is 4.90. The van der Waals surface area contributed by atoms with Crippen molar-refractivity contribution in [3.05, 3.63) is 88.1 Å². The van der Waals surface area contributed by atoms with E-state index in [1.165, 1.54) is 11.8 Å². The molecule has 0 aliphatic rings. The molecule has 7 nitrogen and oxygen atoms in total. The molecule has 4 rings (SSSR count). The van der Waals surface area contributed by atoms with Crippen LogP contribution >= 0.6 is 11.8 Å². The molecule has 2 aromatic carbocycles. The Morgan fingerprint density at radius 3 is 2.59 bits per heavy atom. The SMILES string of the molecule is Cc1cccc(C)c1-n1c(SCC(=O)N(CCC#N)Cc2ccco2)nc2ccccc2c1=O. The number of nitriles is 1. The summed E-state index contributed by atoms with van der Waals surface area (Å²) in [5, 5.41) is 9.99. The third-order valence-electron chi connectivity index (χ3n) is 5.51. The number of carbonyl (C=O) groups excluding carboxylic acids is 1. The summed E-state index contributed by atoms with van der Waals surface area (Å²) in [5.41, 5.74) is 3.08. The van der Waals surface area contributed by atoms with Crippen LogP contribution in [0.3, 0.4) is 0 Å². The molecule has 2 heterocycles. The minimum absolute atomic E-state index is 0.0713. The first-order valence-corrected chi connectivity index (χ1v) is 11.9. The van der Waals surface area contributed by atoms with E-state index in [9.17, 15) is 9.59 Å². The fourth-order valence-electron chi connectivity index (χ4n) is 3.85. The molecule has 34 heavy (non-hydrogen) atoms. The molecule has 0 unspecified atom stereocenters. The zero-order chi connectivity index (χ0) is 24.1. The maximum Gasteiger partial charge on any atom is 0.266 e. The minimum Gasteiger partial charge on any atom is -0.467 e. The van der Waals surface area contributed by atoms with E-state index in [1.54, 1.807) is 40.0 Å². The van der Waals surface area contributed by atoms with Gasteiger partial charge in [-0.1, -0.05) is 42.1 Å². The van der Waals surface area contributed by atoms with Gasteiger partial charge in [0.1, 0.15) is 5.76 Å². The van der Waals surface area contributed by atoms with Crippen molar-refractivity contribution in [2.75, 3.05) is 12.3 Å². The number of benzene rings is 2. The lowest BCUT2D eigenvalue weighted by Gasteiger charge is -2.21. The van der Waals surface area contributed by atoms with Crippen molar-refractivity contribution >= 4 is 28.6 Å². The number of furan rings is 1. The first-order chi connectivity index (χ1) is 16.5. The van der Waals surface area contributed by atoms with Crippen molar-refractivity contribution in [2.24, 2.45) is 0 Å². The Bertz CT molecular complexity index is 1400. The number of hydrogen-bond donors (Lipinski definition) is 0. The summed E-state index contributed by atoms with van der Waals surface area (Å²) in [6.07, 6.45) is 1.78. The number of thioether (sulfide) groups is 1. The lowest BCUT2D eigenvalue weighted by molar-refractivity contribution is -0.129. The highest BCUT2D eigenvalue weighted by Gasteiger charge is 2.20. The average molecular weight is 473 g/mol. The van der Waals surface area contributed by atoms with E-state index >= 15 is 0 Å². The van der Waals surface area contributed by atoms with E-state index in [-0.39, 0.29) is 30.2 Å². The molecule has 0 atom stereocenters. The Kier molecular flexibility index (Phi) is 7.14. The lowest BCUT2D eigenvalue weighted by Crippen LogP contribution is -2.33. The number of nitrogens with zero attached hydrogens (tertiary/aromatic N) is 4. The van der Waals surface area contributed by atoms with Gasteiger partial charge in [-0.25, -0.2) is 4.98 Å². The van der Waals surface area contributed by atoms with Gasteiger partial charge < -0.3 is 9.32 Å². The van der Waals surface area contributed by atoms with Crippen LogP contribution in [0.5, 0.6) is 0 Å². The van der Waals surface area contributed by atoms with Crippen LogP contribution in [0.2, 0.25) is 0 Å². The summed E-state index contributed by atoms with van der Waals surface area (Å²) in [6, 6.07) is 18.7. The Morgan fingerprint density at radius 1 is 1.12 bits per heavy atom. The number of aryl methyl sites for hydroxylation is 2. The molecule has 0 aliphatic heterocycles. The van der Waals surface area contributed by atoms with Crippen LogP contribution in [-0.2, 0) is 11.3 Å². The summed E-state index contributed by atoms with van der Waals surface area (Å²) >= 11 is 1.22. The van der Waals surface area contributed by atoms with Crippen LogP contribution in [0.15, 0.2) is 75.2 Å². The van der Waals surface area contributed by atoms with Gasteiger partial charge in [0.2, 0.25) is 5.91 Å². The summed E-state index contributed by atoms with van der Waals surface area (Å²) in [4.78, 5) is 33.0. The largest absolute Gasteiger partial charge is 0.467 e. The molecule has 0 aliphatic carbocycles. The second-order valence-electron chi connectivity index (χ2n) is 7.88. The van der Waals surface area contributed by atoms with Crippen molar-refractivity contribution < 1.29 is 9.21 Å². The van der Waals surface area contributed by atoms with Crippen molar-refractivity contribution in [2.45, 2.75) is 32.0 Å². The summed E-state index contributed by atoms with van der Waals surface area (Å²) < 4.78 is 6.99. The fraction of sp³-hybridized carbons (Fsp3) is 0.231. The predicted octanol–water partition coefficient (Wildman–Crippen LogP) is 4.63. The molecule has 1 amide bonds. The molecule has 0 saturated carbocycles. The van der Waals surface area contributed by atoms with Crippen LogP contribution in [0.4, 0.5) is 0 Å². The molecule has 0 N–H and O–H groups in total. The average Bonchev–Trinajstić information content (AvgIpc) is 3.35. The maximum atomic E-state index is 13.6. The minimum atomic E-state index is -0.171. The number of para-hydroxylation sites is 2. The van der Waals surface area contributed by atoms with Gasteiger partial charge in [0.15, 0.2) is 5.16 Å². The van der Waals surface area contributed by atoms with Gasteiger partial charge in [-0.15, -0.1) is 0 Å². The highest BCUT2D eigenvalue weighted by molar-refractivity contribution is 7.99. The molecule has 0 fully saturated rings. The Hall–Kier alpha value is -3.83. The van der Waals surface area contributed by atoms with E-state index in [0.29, 0.717) is 28.4 Å². The molecule has 0 spiro atoms. The van der Waals surface area contributed by atoms with E-state index in [4.69, 9.17) is 14.7 Å². The first kappa shape index (κ1) is 23.3. The smallest absolute Gasteiger partial charge is 0.266 e. The number of aromatic nitrogens is 2. The predicted molar refractivity (Wildman–Crippen MR) is 132 cm³/mol. The summed E-state index contributed by atoms with van der Waals surface area (Å²) in [7, 11) is 0. The van der Waals surface area contributed by atoms with Gasteiger partial charge in [-0.2, -0.15) is 5.26 Å². The number of fused-ring (bicyclic) bond motifs is 1. The van der Waals surface area contributed by atoms with Crippen LogP contribution in [0.25, 0.3) is 16.6 Å².